The van der Waals surface area contributed by atoms with Crippen LogP contribution in [0.4, 0.5) is 9.39 Å². The van der Waals surface area contributed by atoms with E-state index in [0.717, 1.165) is 44.1 Å². The van der Waals surface area contributed by atoms with Crippen molar-refractivity contribution in [1.82, 2.24) is 14.8 Å². The summed E-state index contributed by atoms with van der Waals surface area (Å²) in [6.07, 6.45) is 7.26. The molecule has 0 unspecified atom stereocenters. The highest BCUT2D eigenvalue weighted by atomic mass is 32.2. The average molecular weight is 468 g/mol. The molecule has 9 heteroatoms. The molecule has 0 aliphatic heterocycles. The lowest BCUT2D eigenvalue weighted by atomic mass is 10.1. The van der Waals surface area contributed by atoms with Gasteiger partial charge in [0.15, 0.2) is 11.0 Å². The van der Waals surface area contributed by atoms with Gasteiger partial charge in [0, 0.05) is 10.9 Å². The zero-order chi connectivity index (χ0) is 22.1. The summed E-state index contributed by atoms with van der Waals surface area (Å²) >= 11 is 2.82. The summed E-state index contributed by atoms with van der Waals surface area (Å²) in [4.78, 5) is 13.9. The number of aromatic nitrogens is 3. The number of halogens is 1. The van der Waals surface area contributed by atoms with Crippen molar-refractivity contribution in [2.24, 2.45) is 0 Å². The van der Waals surface area contributed by atoms with Gasteiger partial charge in [0.05, 0.1) is 16.9 Å². The van der Waals surface area contributed by atoms with Crippen LogP contribution in [-0.2, 0) is 17.6 Å². The van der Waals surface area contributed by atoms with Gasteiger partial charge in [-0.3, -0.25) is 9.36 Å². The van der Waals surface area contributed by atoms with Crippen LogP contribution in [0.5, 0.6) is 0 Å². The van der Waals surface area contributed by atoms with Crippen molar-refractivity contribution in [1.29, 1.82) is 5.26 Å². The lowest BCUT2D eigenvalue weighted by Crippen LogP contribution is -2.14. The quantitative estimate of drug-likeness (QED) is 0.390. The van der Waals surface area contributed by atoms with Gasteiger partial charge in [0.25, 0.3) is 0 Å². The molecule has 0 spiro atoms. The first-order valence-corrected chi connectivity index (χ1v) is 12.6. The van der Waals surface area contributed by atoms with Crippen molar-refractivity contribution in [3.8, 4) is 17.5 Å². The van der Waals surface area contributed by atoms with Gasteiger partial charge < -0.3 is 5.32 Å². The number of rotatable bonds is 6. The maximum Gasteiger partial charge on any atom is 0.235 e. The molecule has 6 nitrogen and oxygen atoms in total. The molecule has 3 aromatic rings. The lowest BCUT2D eigenvalue weighted by Gasteiger charge is -2.09. The van der Waals surface area contributed by atoms with Gasteiger partial charge in [0.1, 0.15) is 16.9 Å². The molecule has 2 aliphatic carbocycles. The standard InChI is InChI=1S/C23H22FN5OS2/c24-18-8-5-4-7-16(18)21-27-28-23(29(21)14-10-11-14)31-13-20(30)26-22-17(12-25)15-6-2-1-3-9-19(15)32-22/h4-5,7-8,14H,1-3,6,9-11,13H2,(H,26,30). The zero-order valence-electron chi connectivity index (χ0n) is 17.4. The van der Waals surface area contributed by atoms with Crippen molar-refractivity contribution in [2.75, 3.05) is 11.1 Å². The molecule has 1 N–H and O–H groups in total. The second-order valence-electron chi connectivity index (χ2n) is 8.10. The van der Waals surface area contributed by atoms with Crippen LogP contribution in [-0.4, -0.2) is 26.4 Å². The number of anilines is 1. The number of hydrogen-bond acceptors (Lipinski definition) is 6. The van der Waals surface area contributed by atoms with Crippen LogP contribution in [0.1, 0.15) is 54.1 Å². The molecule has 5 rings (SSSR count). The van der Waals surface area contributed by atoms with E-state index in [9.17, 15) is 14.4 Å². The third-order valence-electron chi connectivity index (χ3n) is 5.81. The minimum absolute atomic E-state index is 0.148. The number of amides is 1. The van der Waals surface area contributed by atoms with Crippen molar-refractivity contribution >= 4 is 34.0 Å². The van der Waals surface area contributed by atoms with Crippen LogP contribution in [0.3, 0.4) is 0 Å². The molecule has 2 aromatic heterocycles. The number of carbonyl (C=O) groups excluding carboxylic acids is 1. The first-order valence-electron chi connectivity index (χ1n) is 10.8. The van der Waals surface area contributed by atoms with Gasteiger partial charge in [-0.25, -0.2) is 4.39 Å². The molecule has 32 heavy (non-hydrogen) atoms. The number of hydrogen-bond donors (Lipinski definition) is 1. The van der Waals surface area contributed by atoms with Crippen LogP contribution in [0, 0.1) is 17.1 Å². The highest BCUT2D eigenvalue weighted by Crippen LogP contribution is 2.41. The SMILES string of the molecule is N#Cc1c(NC(=O)CSc2nnc(-c3ccccc3F)n2C2CC2)sc2c1CCCCC2. The van der Waals surface area contributed by atoms with Crippen LogP contribution in [0.25, 0.3) is 11.4 Å². The fourth-order valence-corrected chi connectivity index (χ4v) is 6.17. The van der Waals surface area contributed by atoms with E-state index in [1.165, 1.54) is 40.5 Å². The Morgan fingerprint density at radius 2 is 2.06 bits per heavy atom. The number of benzene rings is 1. The summed E-state index contributed by atoms with van der Waals surface area (Å²) in [7, 11) is 0. The Hall–Kier alpha value is -2.70. The number of aryl methyl sites for hydroxylation is 1. The molecule has 0 atom stereocenters. The molecule has 2 aliphatic rings. The van der Waals surface area contributed by atoms with Gasteiger partial charge in [-0.1, -0.05) is 30.3 Å². The van der Waals surface area contributed by atoms with E-state index in [4.69, 9.17) is 0 Å². The smallest absolute Gasteiger partial charge is 0.235 e. The van der Waals surface area contributed by atoms with Gasteiger partial charge in [-0.05, 0) is 56.2 Å². The fraction of sp³-hybridized carbons (Fsp3) is 0.391. The second kappa shape index (κ2) is 9.04. The normalized spacial score (nSPS) is 15.6. The van der Waals surface area contributed by atoms with E-state index in [1.807, 2.05) is 4.57 Å². The number of thiophene rings is 1. The van der Waals surface area contributed by atoms with E-state index in [1.54, 1.807) is 18.2 Å². The van der Waals surface area contributed by atoms with Crippen molar-refractivity contribution in [3.05, 3.63) is 46.1 Å². The second-order valence-corrected chi connectivity index (χ2v) is 10.2. The molecule has 1 amide bonds. The summed E-state index contributed by atoms with van der Waals surface area (Å²) in [5.74, 6) is 0.135. The van der Waals surface area contributed by atoms with Gasteiger partial charge >= 0.3 is 0 Å². The fourth-order valence-electron chi connectivity index (χ4n) is 4.11. The number of nitrogens with one attached hydrogen (secondary N) is 1. The number of carbonyl (C=O) groups is 1. The van der Waals surface area contributed by atoms with E-state index < -0.39 is 0 Å². The summed E-state index contributed by atoms with van der Waals surface area (Å²) in [6, 6.07) is 9.07. The molecule has 2 heterocycles. The molecular formula is C23H22FN5OS2. The first-order chi connectivity index (χ1) is 15.7. The Bertz CT molecular complexity index is 1210. The number of nitrogens with zero attached hydrogens (tertiary/aromatic N) is 4. The monoisotopic (exact) mass is 467 g/mol. The van der Waals surface area contributed by atoms with Crippen LogP contribution in [0.15, 0.2) is 29.4 Å². The van der Waals surface area contributed by atoms with E-state index in [2.05, 4.69) is 21.6 Å². The van der Waals surface area contributed by atoms with E-state index >= 15 is 0 Å². The molecular weight excluding hydrogens is 445 g/mol. The summed E-state index contributed by atoms with van der Waals surface area (Å²) in [5, 5.41) is 22.4. The summed E-state index contributed by atoms with van der Waals surface area (Å²) < 4.78 is 16.3. The topological polar surface area (TPSA) is 83.6 Å². The Kier molecular flexibility index (Phi) is 5.98. The minimum Gasteiger partial charge on any atom is -0.316 e. The Morgan fingerprint density at radius 1 is 1.25 bits per heavy atom. The summed E-state index contributed by atoms with van der Waals surface area (Å²) in [5.41, 5.74) is 2.15. The highest BCUT2D eigenvalue weighted by Gasteiger charge is 2.31. The number of fused-ring (bicyclic) bond motifs is 1. The maximum atomic E-state index is 14.3. The number of thioether (sulfide) groups is 1. The lowest BCUT2D eigenvalue weighted by molar-refractivity contribution is -0.113. The minimum atomic E-state index is -0.336. The van der Waals surface area contributed by atoms with E-state index in [0.29, 0.717) is 27.1 Å². The first kappa shape index (κ1) is 21.2. The zero-order valence-corrected chi connectivity index (χ0v) is 19.1. The molecule has 0 radical (unpaired) electrons. The molecule has 164 valence electrons. The van der Waals surface area contributed by atoms with Gasteiger partial charge in [0.2, 0.25) is 5.91 Å². The third kappa shape index (κ3) is 4.17. The predicted molar refractivity (Wildman–Crippen MR) is 123 cm³/mol. The molecule has 0 saturated heterocycles. The van der Waals surface area contributed by atoms with Crippen molar-refractivity contribution < 1.29 is 9.18 Å². The Morgan fingerprint density at radius 3 is 2.84 bits per heavy atom. The average Bonchev–Trinajstić information content (AvgIpc) is 3.52. The van der Waals surface area contributed by atoms with Crippen LogP contribution in [0.2, 0.25) is 0 Å². The predicted octanol–water partition coefficient (Wildman–Crippen LogP) is 5.35. The van der Waals surface area contributed by atoms with Crippen molar-refractivity contribution in [2.45, 2.75) is 56.1 Å². The van der Waals surface area contributed by atoms with E-state index in [-0.39, 0.29) is 23.5 Å². The largest absolute Gasteiger partial charge is 0.316 e. The molecule has 1 saturated carbocycles. The molecule has 1 fully saturated rings. The molecule has 0 bridgehead atoms. The van der Waals surface area contributed by atoms with Gasteiger partial charge in [-0.15, -0.1) is 21.5 Å². The Labute approximate surface area is 193 Å². The Balaban J connectivity index is 1.31. The van der Waals surface area contributed by atoms with Crippen molar-refractivity contribution in [3.63, 3.8) is 0 Å². The highest BCUT2D eigenvalue weighted by molar-refractivity contribution is 7.99. The van der Waals surface area contributed by atoms with Crippen LogP contribution >= 0.6 is 23.1 Å². The summed E-state index contributed by atoms with van der Waals surface area (Å²) in [6.45, 7) is 0. The molecule has 1 aromatic carbocycles. The number of nitriles is 1. The van der Waals surface area contributed by atoms with Gasteiger partial charge in [-0.2, -0.15) is 5.26 Å². The maximum absolute atomic E-state index is 14.3. The third-order valence-corrected chi connectivity index (χ3v) is 7.96. The van der Waals surface area contributed by atoms with Crippen LogP contribution < -0.4 is 5.32 Å².